The molecule has 1 aromatic carbocycles. The predicted octanol–water partition coefficient (Wildman–Crippen LogP) is 3.69. The molecule has 0 fully saturated rings. The minimum atomic E-state index is 0.268. The third-order valence-electron chi connectivity index (χ3n) is 3.73. The molecule has 0 spiro atoms. The van der Waals surface area contributed by atoms with Gasteiger partial charge in [0.15, 0.2) is 0 Å². The van der Waals surface area contributed by atoms with Gasteiger partial charge in [-0.15, -0.1) is 0 Å². The first-order valence-corrected chi connectivity index (χ1v) is 7.79. The smallest absolute Gasteiger partial charge is 0.0695 e. The Morgan fingerprint density at radius 2 is 2.05 bits per heavy atom. The van der Waals surface area contributed by atoms with Gasteiger partial charge in [-0.3, -0.25) is 4.68 Å². The van der Waals surface area contributed by atoms with E-state index in [-0.39, 0.29) is 6.04 Å². The lowest BCUT2D eigenvalue weighted by molar-refractivity contribution is 0.506. The standard InChI is InChI=1S/C16H22BrN3/c1-5-18-15(16-14(17)10-19-20(16)4)9-13-7-6-11(2)12(3)8-13/h6-8,10,15,18H,5,9H2,1-4H3. The van der Waals surface area contributed by atoms with Crippen LogP contribution in [0.25, 0.3) is 0 Å². The average molecular weight is 336 g/mol. The second kappa shape index (κ2) is 6.55. The lowest BCUT2D eigenvalue weighted by Gasteiger charge is -2.19. The average Bonchev–Trinajstić information content (AvgIpc) is 2.73. The van der Waals surface area contributed by atoms with Crippen molar-refractivity contribution in [3.63, 3.8) is 0 Å². The van der Waals surface area contributed by atoms with Gasteiger partial charge in [-0.05, 0) is 59.4 Å². The van der Waals surface area contributed by atoms with Gasteiger partial charge in [-0.25, -0.2) is 0 Å². The van der Waals surface area contributed by atoms with Crippen molar-refractivity contribution in [2.45, 2.75) is 33.2 Å². The van der Waals surface area contributed by atoms with Crippen LogP contribution in [0.5, 0.6) is 0 Å². The molecule has 0 bridgehead atoms. The normalized spacial score (nSPS) is 12.7. The van der Waals surface area contributed by atoms with Gasteiger partial charge in [0.1, 0.15) is 0 Å². The summed E-state index contributed by atoms with van der Waals surface area (Å²) in [5, 5.41) is 7.88. The van der Waals surface area contributed by atoms with Crippen LogP contribution in [0.15, 0.2) is 28.9 Å². The van der Waals surface area contributed by atoms with Gasteiger partial charge in [0.05, 0.1) is 22.4 Å². The molecule has 1 aromatic heterocycles. The molecule has 0 amide bonds. The number of aryl methyl sites for hydroxylation is 3. The maximum Gasteiger partial charge on any atom is 0.0695 e. The Balaban J connectivity index is 2.28. The van der Waals surface area contributed by atoms with Crippen molar-refractivity contribution in [3.05, 3.63) is 51.3 Å². The molecule has 1 unspecified atom stereocenters. The van der Waals surface area contributed by atoms with E-state index in [9.17, 15) is 0 Å². The zero-order chi connectivity index (χ0) is 14.7. The summed E-state index contributed by atoms with van der Waals surface area (Å²) < 4.78 is 3.01. The van der Waals surface area contributed by atoms with Gasteiger partial charge in [-0.2, -0.15) is 5.10 Å². The second-order valence-corrected chi connectivity index (χ2v) is 6.09. The van der Waals surface area contributed by atoms with Crippen LogP contribution in [0.4, 0.5) is 0 Å². The highest BCUT2D eigenvalue weighted by Gasteiger charge is 2.18. The van der Waals surface area contributed by atoms with Gasteiger partial charge < -0.3 is 5.32 Å². The van der Waals surface area contributed by atoms with Crippen LogP contribution in [-0.2, 0) is 13.5 Å². The molecular weight excluding hydrogens is 314 g/mol. The first kappa shape index (κ1) is 15.3. The first-order valence-electron chi connectivity index (χ1n) is 6.99. The molecule has 0 radical (unpaired) electrons. The molecule has 1 N–H and O–H groups in total. The number of hydrogen-bond donors (Lipinski definition) is 1. The SMILES string of the molecule is CCNC(Cc1ccc(C)c(C)c1)c1c(Br)cnn1C. The maximum absolute atomic E-state index is 4.32. The fraction of sp³-hybridized carbons (Fsp3) is 0.438. The fourth-order valence-corrected chi connectivity index (χ4v) is 3.11. The Morgan fingerprint density at radius 3 is 2.60 bits per heavy atom. The molecule has 0 saturated heterocycles. The number of rotatable bonds is 5. The molecule has 0 saturated carbocycles. The minimum Gasteiger partial charge on any atom is -0.309 e. The quantitative estimate of drug-likeness (QED) is 0.902. The van der Waals surface area contributed by atoms with Crippen LogP contribution in [-0.4, -0.2) is 16.3 Å². The Morgan fingerprint density at radius 1 is 1.30 bits per heavy atom. The Bertz CT molecular complexity index is 570. The molecule has 3 nitrogen and oxygen atoms in total. The van der Waals surface area contributed by atoms with E-state index >= 15 is 0 Å². The molecular formula is C16H22BrN3. The molecule has 0 aliphatic rings. The Hall–Kier alpha value is -1.13. The van der Waals surface area contributed by atoms with Crippen molar-refractivity contribution in [3.8, 4) is 0 Å². The van der Waals surface area contributed by atoms with Gasteiger partial charge >= 0.3 is 0 Å². The Kier molecular flexibility index (Phi) is 5.00. The number of aromatic nitrogens is 2. The lowest BCUT2D eigenvalue weighted by Crippen LogP contribution is -2.25. The molecule has 4 heteroatoms. The summed E-state index contributed by atoms with van der Waals surface area (Å²) in [5.74, 6) is 0. The number of nitrogens with one attached hydrogen (secondary N) is 1. The van der Waals surface area contributed by atoms with Crippen molar-refractivity contribution in [2.75, 3.05) is 6.54 Å². The third kappa shape index (κ3) is 3.30. The summed E-state index contributed by atoms with van der Waals surface area (Å²) in [4.78, 5) is 0. The topological polar surface area (TPSA) is 29.9 Å². The van der Waals surface area contributed by atoms with Crippen molar-refractivity contribution in [2.24, 2.45) is 7.05 Å². The van der Waals surface area contributed by atoms with Crippen LogP contribution in [0.3, 0.4) is 0 Å². The van der Waals surface area contributed by atoms with Gasteiger partial charge in [0, 0.05) is 7.05 Å². The zero-order valence-corrected chi connectivity index (χ0v) is 14.2. The number of nitrogens with zero attached hydrogens (tertiary/aromatic N) is 2. The number of benzene rings is 1. The van der Waals surface area contributed by atoms with Crippen molar-refractivity contribution in [1.29, 1.82) is 0 Å². The molecule has 1 atom stereocenters. The van der Waals surface area contributed by atoms with Crippen LogP contribution in [0.2, 0.25) is 0 Å². The summed E-state index contributed by atoms with van der Waals surface area (Å²) >= 11 is 3.60. The lowest BCUT2D eigenvalue weighted by atomic mass is 9.99. The second-order valence-electron chi connectivity index (χ2n) is 5.23. The maximum atomic E-state index is 4.32. The van der Waals surface area contributed by atoms with Gasteiger partial charge in [0.2, 0.25) is 0 Å². The predicted molar refractivity (Wildman–Crippen MR) is 86.9 cm³/mol. The highest BCUT2D eigenvalue weighted by molar-refractivity contribution is 9.10. The zero-order valence-electron chi connectivity index (χ0n) is 12.6. The molecule has 2 rings (SSSR count). The summed E-state index contributed by atoms with van der Waals surface area (Å²) in [5.41, 5.74) is 5.24. The van der Waals surface area contributed by atoms with Crippen LogP contribution >= 0.6 is 15.9 Å². The summed E-state index contributed by atoms with van der Waals surface area (Å²) in [6.07, 6.45) is 2.83. The number of likely N-dealkylation sites (N-methyl/N-ethyl adjacent to an activating group) is 1. The van der Waals surface area contributed by atoms with E-state index < -0.39 is 0 Å². The minimum absolute atomic E-state index is 0.268. The highest BCUT2D eigenvalue weighted by atomic mass is 79.9. The van der Waals surface area contributed by atoms with E-state index in [2.05, 4.69) is 65.3 Å². The largest absolute Gasteiger partial charge is 0.309 e. The highest BCUT2D eigenvalue weighted by Crippen LogP contribution is 2.26. The van der Waals surface area contributed by atoms with Crippen molar-refractivity contribution < 1.29 is 0 Å². The third-order valence-corrected chi connectivity index (χ3v) is 4.34. The van der Waals surface area contributed by atoms with E-state index in [1.54, 1.807) is 0 Å². The van der Waals surface area contributed by atoms with Crippen LogP contribution in [0.1, 0.15) is 35.3 Å². The summed E-state index contributed by atoms with van der Waals surface area (Å²) in [6.45, 7) is 7.39. The molecule has 20 heavy (non-hydrogen) atoms. The molecule has 108 valence electrons. The monoisotopic (exact) mass is 335 g/mol. The van der Waals surface area contributed by atoms with E-state index in [0.717, 1.165) is 17.4 Å². The number of halogens is 1. The van der Waals surface area contributed by atoms with Crippen LogP contribution < -0.4 is 5.32 Å². The van der Waals surface area contributed by atoms with Gasteiger partial charge in [0.25, 0.3) is 0 Å². The van der Waals surface area contributed by atoms with E-state index in [0.29, 0.717) is 0 Å². The summed E-state index contributed by atoms with van der Waals surface area (Å²) in [7, 11) is 1.99. The molecule has 0 aliphatic carbocycles. The van der Waals surface area contributed by atoms with E-state index in [1.165, 1.54) is 22.4 Å². The van der Waals surface area contributed by atoms with E-state index in [4.69, 9.17) is 0 Å². The molecule has 2 aromatic rings. The molecule has 1 heterocycles. The Labute approximate surface area is 129 Å². The summed E-state index contributed by atoms with van der Waals surface area (Å²) in [6, 6.07) is 6.97. The fourth-order valence-electron chi connectivity index (χ4n) is 2.49. The number of hydrogen-bond acceptors (Lipinski definition) is 2. The first-order chi connectivity index (χ1) is 9.52. The van der Waals surface area contributed by atoms with E-state index in [1.807, 2.05) is 17.9 Å². The molecule has 0 aliphatic heterocycles. The van der Waals surface area contributed by atoms with Crippen molar-refractivity contribution in [1.82, 2.24) is 15.1 Å². The van der Waals surface area contributed by atoms with Gasteiger partial charge in [-0.1, -0.05) is 25.1 Å². The van der Waals surface area contributed by atoms with Crippen molar-refractivity contribution >= 4 is 15.9 Å². The van der Waals surface area contributed by atoms with Crippen LogP contribution in [0, 0.1) is 13.8 Å².